The number of rotatable bonds is 5. The lowest BCUT2D eigenvalue weighted by atomic mass is 9.95. The van der Waals surface area contributed by atoms with Gasteiger partial charge in [-0.25, -0.2) is 0 Å². The molecule has 0 aliphatic carbocycles. The number of esters is 3. The molecule has 1 fully saturated rings. The number of ether oxygens (including phenoxy) is 4. The van der Waals surface area contributed by atoms with Gasteiger partial charge >= 0.3 is 17.9 Å². The van der Waals surface area contributed by atoms with E-state index in [4.69, 9.17) is 18.9 Å². The van der Waals surface area contributed by atoms with Crippen LogP contribution in [0.4, 0.5) is 0 Å². The van der Waals surface area contributed by atoms with E-state index in [-0.39, 0.29) is 6.61 Å². The molecule has 1 saturated heterocycles. The van der Waals surface area contributed by atoms with Crippen molar-refractivity contribution < 1.29 is 43.2 Å². The second-order valence-electron chi connectivity index (χ2n) is 5.24. The number of hydrogen-bond acceptors (Lipinski definition) is 9. The first-order valence-corrected chi connectivity index (χ1v) is 7.20. The van der Waals surface area contributed by atoms with Crippen LogP contribution in [0, 0.1) is 0 Å². The van der Waals surface area contributed by atoms with Crippen molar-refractivity contribution in [1.29, 1.82) is 0 Å². The summed E-state index contributed by atoms with van der Waals surface area (Å²) in [7, 11) is 0. The maximum Gasteiger partial charge on any atom is 0.303 e. The maximum absolute atomic E-state index is 11.5. The predicted molar refractivity (Wildman–Crippen MR) is 76.2 cm³/mol. The van der Waals surface area contributed by atoms with Gasteiger partial charge < -0.3 is 29.4 Å². The number of hydrogen-bond donors (Lipinski definition) is 2. The van der Waals surface area contributed by atoms with E-state index in [0.717, 1.165) is 13.8 Å². The zero-order valence-electron chi connectivity index (χ0n) is 13.8. The molecular weight excluding hydrogens is 326 g/mol. The Balaban J connectivity index is 3.11. The molecule has 0 saturated carbocycles. The number of nitrogens with one attached hydrogen (secondary N) is 1. The van der Waals surface area contributed by atoms with E-state index < -0.39 is 54.5 Å². The quantitative estimate of drug-likeness (QED) is 0.456. The standard InChI is InChI=1S/C14H21NO9/c1-6(16)15-11-12(22-8(3)18)10(5-21-7(2)17)24-14(20)13(11)23-9(4)19/h10-14,20H,5H2,1-4H3,(H,15,16)/t10-,11+,12-,13-,14?/m1/s1. The smallest absolute Gasteiger partial charge is 0.303 e. The second-order valence-corrected chi connectivity index (χ2v) is 5.24. The largest absolute Gasteiger partial charge is 0.463 e. The molecule has 0 aromatic heterocycles. The minimum atomic E-state index is -1.61. The summed E-state index contributed by atoms with van der Waals surface area (Å²) in [5.41, 5.74) is 0. The summed E-state index contributed by atoms with van der Waals surface area (Å²) in [6, 6.07) is -1.08. The van der Waals surface area contributed by atoms with Gasteiger partial charge in [0.25, 0.3) is 0 Å². The molecule has 1 amide bonds. The number of aliphatic hydroxyl groups excluding tert-OH is 1. The molecule has 10 nitrogen and oxygen atoms in total. The number of carbonyl (C=O) groups excluding carboxylic acids is 4. The summed E-state index contributed by atoms with van der Waals surface area (Å²) in [5.74, 6) is -2.52. The minimum Gasteiger partial charge on any atom is -0.463 e. The van der Waals surface area contributed by atoms with E-state index in [2.05, 4.69) is 5.32 Å². The molecule has 1 unspecified atom stereocenters. The van der Waals surface area contributed by atoms with E-state index in [9.17, 15) is 24.3 Å². The molecule has 0 aromatic carbocycles. The lowest BCUT2D eigenvalue weighted by molar-refractivity contribution is -0.271. The molecule has 2 N–H and O–H groups in total. The van der Waals surface area contributed by atoms with Gasteiger partial charge in [0.15, 0.2) is 18.5 Å². The van der Waals surface area contributed by atoms with Gasteiger partial charge in [0, 0.05) is 27.7 Å². The van der Waals surface area contributed by atoms with Crippen molar-refractivity contribution in [2.45, 2.75) is 58.3 Å². The lowest BCUT2D eigenvalue weighted by Gasteiger charge is -2.43. The third kappa shape index (κ3) is 5.78. The Bertz CT molecular complexity index is 506. The molecule has 1 aliphatic rings. The van der Waals surface area contributed by atoms with E-state index >= 15 is 0 Å². The van der Waals surface area contributed by atoms with Crippen LogP contribution in [0.2, 0.25) is 0 Å². The fraction of sp³-hybridized carbons (Fsp3) is 0.714. The first kappa shape index (κ1) is 19.8. The molecule has 5 atom stereocenters. The van der Waals surface area contributed by atoms with Crippen LogP contribution < -0.4 is 5.32 Å². The maximum atomic E-state index is 11.5. The number of amides is 1. The molecule has 0 aromatic rings. The van der Waals surface area contributed by atoms with Gasteiger partial charge in [0.2, 0.25) is 5.91 Å². The number of carbonyl (C=O) groups is 4. The topological polar surface area (TPSA) is 137 Å². The van der Waals surface area contributed by atoms with Gasteiger partial charge in [-0.2, -0.15) is 0 Å². The summed E-state index contributed by atoms with van der Waals surface area (Å²) >= 11 is 0. The summed E-state index contributed by atoms with van der Waals surface area (Å²) in [6.07, 6.45) is -5.11. The Hall–Kier alpha value is -2.20. The van der Waals surface area contributed by atoms with Crippen LogP contribution >= 0.6 is 0 Å². The second kappa shape index (κ2) is 8.60. The summed E-state index contributed by atoms with van der Waals surface area (Å²) in [5, 5.41) is 12.5. The van der Waals surface area contributed by atoms with Crippen LogP contribution in [0.5, 0.6) is 0 Å². The van der Waals surface area contributed by atoms with Crippen LogP contribution in [-0.4, -0.2) is 66.2 Å². The van der Waals surface area contributed by atoms with Gasteiger partial charge in [0.05, 0.1) is 0 Å². The molecule has 0 radical (unpaired) electrons. The fourth-order valence-electron chi connectivity index (χ4n) is 2.33. The van der Waals surface area contributed by atoms with Crippen molar-refractivity contribution in [3.8, 4) is 0 Å². The average Bonchev–Trinajstić information content (AvgIpc) is 2.42. The molecule has 0 bridgehead atoms. The Morgan fingerprint density at radius 2 is 1.50 bits per heavy atom. The Labute approximate surface area is 138 Å². The molecule has 1 rings (SSSR count). The SMILES string of the molecule is CC(=O)N[C@H]1[C@H](OC(C)=O)[C@@H](COC(C)=O)OC(O)[C@@H]1OC(C)=O. The zero-order valence-corrected chi connectivity index (χ0v) is 13.8. The van der Waals surface area contributed by atoms with Gasteiger partial charge in [-0.05, 0) is 0 Å². The summed E-state index contributed by atoms with van der Waals surface area (Å²) in [6.45, 7) is 4.31. The summed E-state index contributed by atoms with van der Waals surface area (Å²) < 4.78 is 20.2. The van der Waals surface area contributed by atoms with Crippen LogP contribution in [0.3, 0.4) is 0 Å². The van der Waals surface area contributed by atoms with Gasteiger partial charge in [0.1, 0.15) is 18.8 Å². The monoisotopic (exact) mass is 347 g/mol. The molecular formula is C14H21NO9. The highest BCUT2D eigenvalue weighted by atomic mass is 16.7. The molecule has 1 aliphatic heterocycles. The van der Waals surface area contributed by atoms with Crippen molar-refractivity contribution in [2.75, 3.05) is 6.61 Å². The highest BCUT2D eigenvalue weighted by molar-refractivity contribution is 5.74. The molecule has 1 heterocycles. The summed E-state index contributed by atoms with van der Waals surface area (Å²) in [4.78, 5) is 45.0. The predicted octanol–water partition coefficient (Wildman–Crippen LogP) is -1.37. The van der Waals surface area contributed by atoms with E-state index in [1.165, 1.54) is 13.8 Å². The number of aliphatic hydroxyl groups is 1. The lowest BCUT2D eigenvalue weighted by Crippen LogP contribution is -2.66. The highest BCUT2D eigenvalue weighted by Crippen LogP contribution is 2.25. The first-order valence-electron chi connectivity index (χ1n) is 7.20. The van der Waals surface area contributed by atoms with Gasteiger partial charge in [-0.1, -0.05) is 0 Å². The minimum absolute atomic E-state index is 0.326. The van der Waals surface area contributed by atoms with E-state index in [0.29, 0.717) is 0 Å². The van der Waals surface area contributed by atoms with E-state index in [1.54, 1.807) is 0 Å². The first-order chi connectivity index (χ1) is 11.1. The van der Waals surface area contributed by atoms with Crippen molar-refractivity contribution in [2.24, 2.45) is 0 Å². The normalized spacial score (nSPS) is 29.3. The van der Waals surface area contributed by atoms with Gasteiger partial charge in [-0.15, -0.1) is 0 Å². The van der Waals surface area contributed by atoms with Crippen LogP contribution in [-0.2, 0) is 38.1 Å². The Kier molecular flexibility index (Phi) is 7.11. The fourth-order valence-corrected chi connectivity index (χ4v) is 2.33. The zero-order chi connectivity index (χ0) is 18.4. The molecule has 0 spiro atoms. The van der Waals surface area contributed by atoms with Crippen molar-refractivity contribution in [1.82, 2.24) is 5.32 Å². The van der Waals surface area contributed by atoms with E-state index in [1.807, 2.05) is 0 Å². The molecule has 24 heavy (non-hydrogen) atoms. The highest BCUT2D eigenvalue weighted by Gasteiger charge is 2.50. The van der Waals surface area contributed by atoms with Crippen LogP contribution in [0.15, 0.2) is 0 Å². The van der Waals surface area contributed by atoms with Crippen molar-refractivity contribution in [3.05, 3.63) is 0 Å². The average molecular weight is 347 g/mol. The van der Waals surface area contributed by atoms with Crippen molar-refractivity contribution in [3.63, 3.8) is 0 Å². The van der Waals surface area contributed by atoms with Gasteiger partial charge in [-0.3, -0.25) is 19.2 Å². The van der Waals surface area contributed by atoms with Crippen LogP contribution in [0.25, 0.3) is 0 Å². The molecule has 136 valence electrons. The van der Waals surface area contributed by atoms with Crippen molar-refractivity contribution >= 4 is 23.8 Å². The Morgan fingerprint density at radius 3 is 1.96 bits per heavy atom. The van der Waals surface area contributed by atoms with Crippen LogP contribution in [0.1, 0.15) is 27.7 Å². The third-order valence-electron chi connectivity index (χ3n) is 3.09. The molecule has 10 heteroatoms. The third-order valence-corrected chi connectivity index (χ3v) is 3.09. The Morgan fingerprint density at radius 1 is 0.958 bits per heavy atom.